The Morgan fingerprint density at radius 2 is 1.93 bits per heavy atom. The number of anilines is 2. The molecule has 2 N–H and O–H groups in total. The van der Waals surface area contributed by atoms with E-state index in [2.05, 4.69) is 15.6 Å². The molecule has 0 radical (unpaired) electrons. The first-order valence-electron chi connectivity index (χ1n) is 8.46. The van der Waals surface area contributed by atoms with Crippen molar-refractivity contribution >= 4 is 45.3 Å². The topological polar surface area (TPSA) is 80.3 Å². The Balaban J connectivity index is 1.46. The van der Waals surface area contributed by atoms with Gasteiger partial charge in [0, 0.05) is 17.5 Å². The number of amides is 2. The first-order valence-corrected chi connectivity index (χ1v) is 10.2. The lowest BCUT2D eigenvalue weighted by atomic mass is 10.2. The van der Waals surface area contributed by atoms with Crippen molar-refractivity contribution in [3.63, 3.8) is 0 Å². The minimum absolute atomic E-state index is 0.0867. The summed E-state index contributed by atoms with van der Waals surface area (Å²) in [6, 6.07) is 10.9. The fourth-order valence-corrected chi connectivity index (χ4v) is 3.67. The predicted molar refractivity (Wildman–Crippen MR) is 109 cm³/mol. The lowest BCUT2D eigenvalue weighted by Crippen LogP contribution is -2.12. The van der Waals surface area contributed by atoms with Crippen LogP contribution in [0.1, 0.15) is 28.7 Å². The highest BCUT2D eigenvalue weighted by Gasteiger charge is 2.11. The maximum absolute atomic E-state index is 12.1. The van der Waals surface area contributed by atoms with Crippen LogP contribution in [0, 0.1) is 0 Å². The van der Waals surface area contributed by atoms with Gasteiger partial charge >= 0.3 is 0 Å². The van der Waals surface area contributed by atoms with Crippen LogP contribution in [0.5, 0.6) is 5.75 Å². The summed E-state index contributed by atoms with van der Waals surface area (Å²) in [7, 11) is 0. The molecule has 2 amide bonds. The first kappa shape index (κ1) is 19.1. The number of nitrogens with zero attached hydrogens (tertiary/aromatic N) is 1. The SMILES string of the molecule is CCOc1ccc(NC(=O)CCc2csc(NC(=O)c3cccs3)n2)cc1. The zero-order valence-corrected chi connectivity index (χ0v) is 16.4. The molecule has 0 aliphatic carbocycles. The number of thiophene rings is 1. The zero-order chi connectivity index (χ0) is 19.1. The fourth-order valence-electron chi connectivity index (χ4n) is 2.31. The molecule has 0 saturated carbocycles. The standard InChI is InChI=1S/C19H19N3O3S2/c1-2-25-15-8-5-13(6-9-15)20-17(23)10-7-14-12-27-19(21-14)22-18(24)16-4-3-11-26-16/h3-6,8-9,11-12H,2,7,10H2,1H3,(H,20,23)(H,21,22,24). The molecule has 0 saturated heterocycles. The Morgan fingerprint density at radius 3 is 2.63 bits per heavy atom. The Hall–Kier alpha value is -2.71. The molecule has 0 aliphatic heterocycles. The Morgan fingerprint density at radius 1 is 1.11 bits per heavy atom. The molecular formula is C19H19N3O3S2. The van der Waals surface area contributed by atoms with Gasteiger partial charge in [-0.3, -0.25) is 14.9 Å². The van der Waals surface area contributed by atoms with E-state index < -0.39 is 0 Å². The number of aromatic nitrogens is 1. The normalized spacial score (nSPS) is 10.4. The van der Waals surface area contributed by atoms with Gasteiger partial charge < -0.3 is 10.1 Å². The monoisotopic (exact) mass is 401 g/mol. The molecule has 0 spiro atoms. The third-order valence-corrected chi connectivity index (χ3v) is 5.25. The van der Waals surface area contributed by atoms with Gasteiger partial charge in [0.25, 0.3) is 5.91 Å². The van der Waals surface area contributed by atoms with E-state index in [1.54, 1.807) is 6.07 Å². The Labute approximate surface area is 165 Å². The van der Waals surface area contributed by atoms with E-state index >= 15 is 0 Å². The highest BCUT2D eigenvalue weighted by atomic mass is 32.1. The number of carbonyl (C=O) groups is 2. The molecule has 0 bridgehead atoms. The molecule has 8 heteroatoms. The van der Waals surface area contributed by atoms with Crippen LogP contribution in [-0.2, 0) is 11.2 Å². The van der Waals surface area contributed by atoms with Gasteiger partial charge in [-0.05, 0) is 49.1 Å². The molecule has 2 heterocycles. The maximum atomic E-state index is 12.1. The number of ether oxygens (including phenoxy) is 1. The van der Waals surface area contributed by atoms with Crippen LogP contribution < -0.4 is 15.4 Å². The minimum Gasteiger partial charge on any atom is -0.494 e. The van der Waals surface area contributed by atoms with Crippen LogP contribution in [0.2, 0.25) is 0 Å². The number of nitrogens with one attached hydrogen (secondary N) is 2. The molecule has 3 rings (SSSR count). The van der Waals surface area contributed by atoms with Crippen molar-refractivity contribution in [1.29, 1.82) is 0 Å². The van der Waals surface area contributed by atoms with E-state index in [9.17, 15) is 9.59 Å². The van der Waals surface area contributed by atoms with Crippen molar-refractivity contribution in [2.24, 2.45) is 0 Å². The van der Waals surface area contributed by atoms with Gasteiger partial charge in [0.15, 0.2) is 5.13 Å². The summed E-state index contributed by atoms with van der Waals surface area (Å²) in [5.41, 5.74) is 1.51. The van der Waals surface area contributed by atoms with Crippen molar-refractivity contribution in [2.45, 2.75) is 19.8 Å². The third kappa shape index (κ3) is 5.63. The summed E-state index contributed by atoms with van der Waals surface area (Å²) in [6.45, 7) is 2.53. The van der Waals surface area contributed by atoms with Crippen molar-refractivity contribution in [3.8, 4) is 5.75 Å². The van der Waals surface area contributed by atoms with Crippen LogP contribution in [0.25, 0.3) is 0 Å². The average molecular weight is 402 g/mol. The van der Waals surface area contributed by atoms with E-state index in [0.717, 1.165) is 17.1 Å². The van der Waals surface area contributed by atoms with Crippen LogP contribution in [-0.4, -0.2) is 23.4 Å². The second-order valence-electron chi connectivity index (χ2n) is 5.58. The number of hydrogen-bond donors (Lipinski definition) is 2. The molecular weight excluding hydrogens is 382 g/mol. The molecule has 140 valence electrons. The summed E-state index contributed by atoms with van der Waals surface area (Å²) >= 11 is 2.73. The maximum Gasteiger partial charge on any atom is 0.267 e. The van der Waals surface area contributed by atoms with Crippen LogP contribution in [0.3, 0.4) is 0 Å². The summed E-state index contributed by atoms with van der Waals surface area (Å²) in [6.07, 6.45) is 0.823. The van der Waals surface area contributed by atoms with E-state index in [0.29, 0.717) is 29.5 Å². The summed E-state index contributed by atoms with van der Waals surface area (Å²) < 4.78 is 5.38. The average Bonchev–Trinajstić information content (AvgIpc) is 3.34. The second kappa shape index (κ2) is 9.29. The summed E-state index contributed by atoms with van der Waals surface area (Å²) in [5, 5.41) is 9.87. The van der Waals surface area contributed by atoms with Gasteiger partial charge in [0.1, 0.15) is 5.75 Å². The van der Waals surface area contributed by atoms with Crippen molar-refractivity contribution in [2.75, 3.05) is 17.2 Å². The molecule has 0 fully saturated rings. The number of carbonyl (C=O) groups excluding carboxylic acids is 2. The Kier molecular flexibility index (Phi) is 6.56. The van der Waals surface area contributed by atoms with Crippen molar-refractivity contribution in [3.05, 3.63) is 57.7 Å². The number of thiazole rings is 1. The number of benzene rings is 1. The molecule has 2 aromatic heterocycles. The highest BCUT2D eigenvalue weighted by Crippen LogP contribution is 2.19. The van der Waals surface area contributed by atoms with Gasteiger partial charge in [-0.1, -0.05) is 6.07 Å². The van der Waals surface area contributed by atoms with Crippen LogP contribution in [0.15, 0.2) is 47.2 Å². The lowest BCUT2D eigenvalue weighted by molar-refractivity contribution is -0.116. The number of rotatable bonds is 8. The van der Waals surface area contributed by atoms with E-state index in [-0.39, 0.29) is 11.8 Å². The molecule has 1 aromatic carbocycles. The minimum atomic E-state index is -0.167. The van der Waals surface area contributed by atoms with E-state index in [1.807, 2.05) is 48.0 Å². The van der Waals surface area contributed by atoms with Crippen LogP contribution >= 0.6 is 22.7 Å². The third-order valence-electron chi connectivity index (χ3n) is 3.57. The quantitative estimate of drug-likeness (QED) is 0.585. The molecule has 27 heavy (non-hydrogen) atoms. The molecule has 0 atom stereocenters. The predicted octanol–water partition coefficient (Wildman–Crippen LogP) is 4.43. The van der Waals surface area contributed by atoms with E-state index in [4.69, 9.17) is 4.74 Å². The second-order valence-corrected chi connectivity index (χ2v) is 7.39. The molecule has 0 unspecified atom stereocenters. The summed E-state index contributed by atoms with van der Waals surface area (Å²) in [4.78, 5) is 29.1. The van der Waals surface area contributed by atoms with Crippen molar-refractivity contribution in [1.82, 2.24) is 4.98 Å². The largest absolute Gasteiger partial charge is 0.494 e. The summed E-state index contributed by atoms with van der Waals surface area (Å²) in [5.74, 6) is 0.519. The van der Waals surface area contributed by atoms with Crippen LogP contribution in [0.4, 0.5) is 10.8 Å². The molecule has 3 aromatic rings. The first-order chi connectivity index (χ1) is 13.1. The fraction of sp³-hybridized carbons (Fsp3) is 0.211. The molecule has 6 nitrogen and oxygen atoms in total. The van der Waals surface area contributed by atoms with Crippen molar-refractivity contribution < 1.29 is 14.3 Å². The number of aryl methyl sites for hydroxylation is 1. The van der Waals surface area contributed by atoms with Gasteiger partial charge in [0.2, 0.25) is 5.91 Å². The van der Waals surface area contributed by atoms with Gasteiger partial charge in [0.05, 0.1) is 17.2 Å². The zero-order valence-electron chi connectivity index (χ0n) is 14.7. The van der Waals surface area contributed by atoms with Gasteiger partial charge in [-0.15, -0.1) is 22.7 Å². The smallest absolute Gasteiger partial charge is 0.267 e. The molecule has 0 aliphatic rings. The van der Waals surface area contributed by atoms with E-state index in [1.165, 1.54) is 22.7 Å². The van der Waals surface area contributed by atoms with Gasteiger partial charge in [-0.25, -0.2) is 4.98 Å². The number of hydrogen-bond acceptors (Lipinski definition) is 6. The highest BCUT2D eigenvalue weighted by molar-refractivity contribution is 7.14. The van der Waals surface area contributed by atoms with Gasteiger partial charge in [-0.2, -0.15) is 0 Å². The Bertz CT molecular complexity index is 889. The lowest BCUT2D eigenvalue weighted by Gasteiger charge is -2.06.